The van der Waals surface area contributed by atoms with Crippen molar-refractivity contribution in [3.8, 4) is 11.4 Å². The van der Waals surface area contributed by atoms with E-state index in [2.05, 4.69) is 52.5 Å². The van der Waals surface area contributed by atoms with Crippen LogP contribution in [0.1, 0.15) is 44.7 Å². The summed E-state index contributed by atoms with van der Waals surface area (Å²) in [5.74, 6) is 0.664. The Kier molecular flexibility index (Phi) is 5.43. The number of imidazole rings is 1. The van der Waals surface area contributed by atoms with Crippen molar-refractivity contribution in [1.29, 1.82) is 0 Å². The smallest absolute Gasteiger partial charge is 0.166 e. The number of nitrogens with zero attached hydrogens (tertiary/aromatic N) is 5. The fourth-order valence-corrected chi connectivity index (χ4v) is 4.10. The molecule has 0 fully saturated rings. The molecule has 4 aromatic heterocycles. The van der Waals surface area contributed by atoms with Crippen LogP contribution in [0.5, 0.6) is 0 Å². The first kappa shape index (κ1) is 20.4. The summed E-state index contributed by atoms with van der Waals surface area (Å²) in [5, 5.41) is 5.96. The molecular formula is C24H26FN7. The van der Waals surface area contributed by atoms with Crippen molar-refractivity contribution >= 4 is 29.1 Å². The largest absolute Gasteiger partial charge is 0.368 e. The van der Waals surface area contributed by atoms with E-state index in [1.54, 1.807) is 12.5 Å². The highest BCUT2D eigenvalue weighted by atomic mass is 19.1. The number of rotatable bonds is 7. The number of aromatic nitrogens is 6. The van der Waals surface area contributed by atoms with Gasteiger partial charge in [-0.25, -0.2) is 19.3 Å². The van der Waals surface area contributed by atoms with Gasteiger partial charge in [0.25, 0.3) is 0 Å². The molecule has 2 N–H and O–H groups in total. The molecule has 0 saturated carbocycles. The number of nitrogens with one attached hydrogen (secondary N) is 2. The summed E-state index contributed by atoms with van der Waals surface area (Å²) in [4.78, 5) is 21.3. The molecule has 0 amide bonds. The average Bonchev–Trinajstić information content (AvgIpc) is 3.43. The second-order valence-corrected chi connectivity index (χ2v) is 8.17. The summed E-state index contributed by atoms with van der Waals surface area (Å²) in [6.07, 6.45) is 15.2. The monoisotopic (exact) mass is 431 g/mol. The maximum Gasteiger partial charge on any atom is 0.166 e. The summed E-state index contributed by atoms with van der Waals surface area (Å²) in [6, 6.07) is 1.64. The molecule has 1 atom stereocenters. The predicted octanol–water partition coefficient (Wildman–Crippen LogP) is 3.34. The molecule has 0 radical (unpaired) electrons. The van der Waals surface area contributed by atoms with Crippen molar-refractivity contribution in [2.24, 2.45) is 0 Å². The average molecular weight is 432 g/mol. The zero-order valence-corrected chi connectivity index (χ0v) is 18.3. The fourth-order valence-electron chi connectivity index (χ4n) is 4.10. The number of anilines is 1. The molecule has 0 saturated heterocycles. The second-order valence-electron chi connectivity index (χ2n) is 8.17. The van der Waals surface area contributed by atoms with E-state index in [4.69, 9.17) is 9.97 Å². The molecular weight excluding hydrogens is 405 g/mol. The molecule has 164 valence electrons. The fraction of sp³-hybridized carbons (Fsp3) is 0.333. The van der Waals surface area contributed by atoms with E-state index in [9.17, 15) is 4.39 Å². The van der Waals surface area contributed by atoms with E-state index < -0.39 is 5.82 Å². The standard InChI is InChI=1S/C24H26FN7/c1-3-15(2)32-14-29-21-23(27-9-8-16-12-28-20-7-5-4-6-19(16)20)30-22(31-24(21)32)17-10-18(25)13-26-11-17/h6-7,10-15,28H,3-5,8-9H2,1-2H3,(H,27,30,31). The molecule has 7 nitrogen and oxygen atoms in total. The third-order valence-electron chi connectivity index (χ3n) is 6.04. The van der Waals surface area contributed by atoms with Crippen LogP contribution in [0.25, 0.3) is 34.7 Å². The lowest BCUT2D eigenvalue weighted by Crippen LogP contribution is -2.27. The SMILES string of the molecule is CCC(C)n1cnc2c(NCCc3c[nH]c4c3=CCCC=4)nc(-c3cncc(F)c3)nc21. The minimum atomic E-state index is -0.415. The van der Waals surface area contributed by atoms with Crippen LogP contribution in [-0.4, -0.2) is 36.0 Å². The summed E-state index contributed by atoms with van der Waals surface area (Å²) in [7, 11) is 0. The third-order valence-corrected chi connectivity index (χ3v) is 6.04. The lowest BCUT2D eigenvalue weighted by Gasteiger charge is -2.13. The third kappa shape index (κ3) is 3.77. The van der Waals surface area contributed by atoms with E-state index >= 15 is 0 Å². The molecule has 0 aromatic carbocycles. The number of halogens is 1. The van der Waals surface area contributed by atoms with Crippen LogP contribution in [-0.2, 0) is 6.42 Å². The highest BCUT2D eigenvalue weighted by molar-refractivity contribution is 5.85. The Hall–Kier alpha value is -3.55. The molecule has 1 unspecified atom stereocenters. The van der Waals surface area contributed by atoms with Crippen molar-refractivity contribution in [2.75, 3.05) is 11.9 Å². The van der Waals surface area contributed by atoms with Gasteiger partial charge in [-0.05, 0) is 49.5 Å². The number of fused-ring (bicyclic) bond motifs is 2. The Balaban J connectivity index is 1.50. The number of H-pyrrole nitrogens is 1. The molecule has 1 aliphatic carbocycles. The van der Waals surface area contributed by atoms with Gasteiger partial charge in [0.05, 0.1) is 12.5 Å². The molecule has 4 heterocycles. The van der Waals surface area contributed by atoms with Gasteiger partial charge in [0.2, 0.25) is 0 Å². The predicted molar refractivity (Wildman–Crippen MR) is 124 cm³/mol. The summed E-state index contributed by atoms with van der Waals surface area (Å²) in [6.45, 7) is 4.95. The lowest BCUT2D eigenvalue weighted by molar-refractivity contribution is 0.541. The van der Waals surface area contributed by atoms with Crippen LogP contribution in [0, 0.1) is 5.82 Å². The maximum atomic E-state index is 13.8. The highest BCUT2D eigenvalue weighted by Crippen LogP contribution is 2.26. The summed E-state index contributed by atoms with van der Waals surface area (Å²) >= 11 is 0. The van der Waals surface area contributed by atoms with Crippen molar-refractivity contribution in [3.63, 3.8) is 0 Å². The zero-order chi connectivity index (χ0) is 22.1. The number of aromatic amines is 1. The first-order valence-corrected chi connectivity index (χ1v) is 11.1. The maximum absolute atomic E-state index is 13.8. The van der Waals surface area contributed by atoms with Crippen molar-refractivity contribution in [1.82, 2.24) is 29.5 Å². The topological polar surface area (TPSA) is 84.3 Å². The quantitative estimate of drug-likeness (QED) is 0.469. The van der Waals surface area contributed by atoms with E-state index in [0.717, 1.165) is 36.8 Å². The van der Waals surface area contributed by atoms with Crippen LogP contribution in [0.15, 0.2) is 31.0 Å². The molecule has 1 aliphatic rings. The Bertz CT molecular complexity index is 1390. The van der Waals surface area contributed by atoms with Gasteiger partial charge >= 0.3 is 0 Å². The molecule has 0 aliphatic heterocycles. The number of hydrogen-bond acceptors (Lipinski definition) is 5. The first-order valence-electron chi connectivity index (χ1n) is 11.1. The van der Waals surface area contributed by atoms with Crippen LogP contribution >= 0.6 is 0 Å². The minimum absolute atomic E-state index is 0.236. The van der Waals surface area contributed by atoms with Crippen LogP contribution < -0.4 is 15.9 Å². The van der Waals surface area contributed by atoms with Gasteiger partial charge in [0.1, 0.15) is 11.3 Å². The van der Waals surface area contributed by atoms with Gasteiger partial charge in [-0.15, -0.1) is 0 Å². The normalized spacial score (nSPS) is 14.0. The molecule has 0 spiro atoms. The second kappa shape index (κ2) is 8.53. The van der Waals surface area contributed by atoms with Gasteiger partial charge in [-0.2, -0.15) is 0 Å². The summed E-state index contributed by atoms with van der Waals surface area (Å²) < 4.78 is 15.9. The van der Waals surface area contributed by atoms with Crippen molar-refractivity contribution in [3.05, 3.63) is 52.9 Å². The Morgan fingerprint density at radius 2 is 2.09 bits per heavy atom. The van der Waals surface area contributed by atoms with Crippen LogP contribution in [0.3, 0.4) is 0 Å². The lowest BCUT2D eigenvalue weighted by atomic mass is 10.1. The molecule has 32 heavy (non-hydrogen) atoms. The minimum Gasteiger partial charge on any atom is -0.368 e. The van der Waals surface area contributed by atoms with E-state index in [1.807, 2.05) is 4.57 Å². The Morgan fingerprint density at radius 1 is 1.22 bits per heavy atom. The van der Waals surface area contributed by atoms with Crippen molar-refractivity contribution < 1.29 is 4.39 Å². The van der Waals surface area contributed by atoms with Crippen LogP contribution in [0.2, 0.25) is 0 Å². The molecule has 5 rings (SSSR count). The van der Waals surface area contributed by atoms with E-state index in [-0.39, 0.29) is 6.04 Å². The van der Waals surface area contributed by atoms with Gasteiger partial charge in [0.15, 0.2) is 17.3 Å². The van der Waals surface area contributed by atoms with Crippen LogP contribution in [0.4, 0.5) is 10.2 Å². The first-order chi connectivity index (χ1) is 15.6. The Morgan fingerprint density at radius 3 is 2.94 bits per heavy atom. The van der Waals surface area contributed by atoms with Gasteiger partial charge in [0, 0.05) is 35.9 Å². The van der Waals surface area contributed by atoms with Gasteiger partial charge in [-0.1, -0.05) is 19.1 Å². The van der Waals surface area contributed by atoms with Gasteiger partial charge < -0.3 is 14.9 Å². The summed E-state index contributed by atoms with van der Waals surface area (Å²) in [5.41, 5.74) is 3.28. The van der Waals surface area contributed by atoms with Crippen molar-refractivity contribution in [2.45, 2.75) is 45.6 Å². The highest BCUT2D eigenvalue weighted by Gasteiger charge is 2.17. The number of hydrogen-bond donors (Lipinski definition) is 2. The van der Waals surface area contributed by atoms with Gasteiger partial charge in [-0.3, -0.25) is 4.98 Å². The molecule has 4 aromatic rings. The van der Waals surface area contributed by atoms with E-state index in [1.165, 1.54) is 28.4 Å². The number of pyridine rings is 1. The zero-order valence-electron chi connectivity index (χ0n) is 18.3. The Labute approximate surface area is 185 Å². The molecule has 0 bridgehead atoms. The molecule has 8 heteroatoms. The van der Waals surface area contributed by atoms with E-state index in [0.29, 0.717) is 23.8 Å².